The number of pyridine rings is 1. The molecule has 3 rings (SSSR count). The topological polar surface area (TPSA) is 87.9 Å². The Morgan fingerprint density at radius 3 is 2.66 bits per heavy atom. The first-order valence-electron chi connectivity index (χ1n) is 10.1. The van der Waals surface area contributed by atoms with Crippen molar-refractivity contribution in [3.05, 3.63) is 24.0 Å². The van der Waals surface area contributed by atoms with E-state index in [0.717, 1.165) is 44.8 Å². The second kappa shape index (κ2) is 8.92. The molecule has 0 aromatic carbocycles. The van der Waals surface area contributed by atoms with E-state index in [1.165, 1.54) is 0 Å². The molecular weight excluding hydrogens is 372 g/mol. The lowest BCUT2D eigenvalue weighted by atomic mass is 9.98. The van der Waals surface area contributed by atoms with Crippen LogP contribution in [0.4, 0.5) is 5.82 Å². The number of carbonyl (C=O) groups is 2. The molecule has 1 atom stereocenters. The molecule has 0 aliphatic carbocycles. The summed E-state index contributed by atoms with van der Waals surface area (Å²) in [6.07, 6.45) is 0.730. The van der Waals surface area contributed by atoms with Gasteiger partial charge in [-0.15, -0.1) is 0 Å². The van der Waals surface area contributed by atoms with Gasteiger partial charge < -0.3 is 23.7 Å². The third-order valence-electron chi connectivity index (χ3n) is 5.08. The lowest BCUT2D eigenvalue weighted by Gasteiger charge is -2.34. The quantitative estimate of drug-likeness (QED) is 0.429. The van der Waals surface area contributed by atoms with E-state index >= 15 is 0 Å². The number of esters is 1. The average molecular weight is 402 g/mol. The van der Waals surface area contributed by atoms with E-state index in [0.29, 0.717) is 16.9 Å². The third-order valence-corrected chi connectivity index (χ3v) is 5.08. The van der Waals surface area contributed by atoms with Crippen molar-refractivity contribution in [2.24, 2.45) is 5.41 Å². The Labute approximate surface area is 171 Å². The predicted molar refractivity (Wildman–Crippen MR) is 111 cm³/mol. The summed E-state index contributed by atoms with van der Waals surface area (Å²) >= 11 is 0. The van der Waals surface area contributed by atoms with Crippen LogP contribution < -0.4 is 10.2 Å². The van der Waals surface area contributed by atoms with Crippen molar-refractivity contribution in [2.45, 2.75) is 33.7 Å². The number of ether oxygens (including phenoxy) is 1. The molecule has 1 fully saturated rings. The van der Waals surface area contributed by atoms with Crippen molar-refractivity contribution in [2.75, 3.05) is 44.4 Å². The second-order valence-corrected chi connectivity index (χ2v) is 8.27. The fraction of sp³-hybridized carbons (Fsp3) is 0.571. The maximum atomic E-state index is 11.8. The predicted octanol–water partition coefficient (Wildman–Crippen LogP) is 2.35. The van der Waals surface area contributed by atoms with Crippen molar-refractivity contribution in [1.29, 1.82) is 0 Å². The van der Waals surface area contributed by atoms with E-state index in [2.05, 4.69) is 22.0 Å². The second-order valence-electron chi connectivity index (χ2n) is 8.27. The monoisotopic (exact) mass is 402 g/mol. The lowest BCUT2D eigenvalue weighted by molar-refractivity contribution is -0.154. The summed E-state index contributed by atoms with van der Waals surface area (Å²) in [6.45, 7) is 12.4. The molecule has 29 heavy (non-hydrogen) atoms. The summed E-state index contributed by atoms with van der Waals surface area (Å²) in [6, 6.07) is 4.88. The van der Waals surface area contributed by atoms with Crippen LogP contribution in [0.5, 0.6) is 0 Å². The Kier molecular flexibility index (Phi) is 6.54. The molecule has 2 aromatic rings. The van der Waals surface area contributed by atoms with Crippen molar-refractivity contribution in [3.8, 4) is 0 Å². The van der Waals surface area contributed by atoms with Gasteiger partial charge in [0, 0.05) is 32.2 Å². The number of carbonyl (C=O) groups excluding carboxylic acids is 2. The van der Waals surface area contributed by atoms with Crippen LogP contribution in [0.3, 0.4) is 0 Å². The van der Waals surface area contributed by atoms with Gasteiger partial charge >= 0.3 is 5.97 Å². The molecular formula is C21H30N4O4. The van der Waals surface area contributed by atoms with Crippen LogP contribution >= 0.6 is 0 Å². The first kappa shape index (κ1) is 21.3. The molecule has 2 aromatic heterocycles. The average Bonchev–Trinajstić information content (AvgIpc) is 3.13. The number of aldehydes is 1. The van der Waals surface area contributed by atoms with Gasteiger partial charge in [0.15, 0.2) is 5.58 Å². The number of piperazine rings is 1. The molecule has 0 bridgehead atoms. The summed E-state index contributed by atoms with van der Waals surface area (Å²) < 4.78 is 11.0. The molecule has 1 aliphatic heterocycles. The Bertz CT molecular complexity index is 850. The van der Waals surface area contributed by atoms with Crippen LogP contribution in [0.1, 0.15) is 39.5 Å². The van der Waals surface area contributed by atoms with Gasteiger partial charge in [-0.25, -0.2) is 4.98 Å². The van der Waals surface area contributed by atoms with E-state index < -0.39 is 11.5 Å². The van der Waals surface area contributed by atoms with Crippen molar-refractivity contribution >= 4 is 29.2 Å². The largest absolute Gasteiger partial charge is 0.457 e. The molecule has 8 nitrogen and oxygen atoms in total. The zero-order valence-electron chi connectivity index (χ0n) is 17.6. The third kappa shape index (κ3) is 5.13. The van der Waals surface area contributed by atoms with Crippen LogP contribution in [-0.4, -0.2) is 61.6 Å². The van der Waals surface area contributed by atoms with Crippen molar-refractivity contribution in [3.63, 3.8) is 0 Å². The minimum Gasteiger partial charge on any atom is -0.457 e. The van der Waals surface area contributed by atoms with E-state index in [4.69, 9.17) is 14.1 Å². The molecule has 1 aliphatic rings. The fourth-order valence-corrected chi connectivity index (χ4v) is 3.18. The number of hydrogen-bond acceptors (Lipinski definition) is 8. The standard InChI is InChI=1S/C21H30N4O4/c1-5-24-8-10-25(11-9-24)19-7-6-17-15(23-19)12-18(29-17)16(13-26)22-14-28-20(27)21(2,3)4/h6-7,12-13,16,22H,5,8-11,14H2,1-4H3. The van der Waals surface area contributed by atoms with Crippen molar-refractivity contribution in [1.82, 2.24) is 15.2 Å². The van der Waals surface area contributed by atoms with Crippen LogP contribution in [0.2, 0.25) is 0 Å². The summed E-state index contributed by atoms with van der Waals surface area (Å²) in [4.78, 5) is 32.8. The van der Waals surface area contributed by atoms with Gasteiger partial charge in [-0.1, -0.05) is 6.92 Å². The van der Waals surface area contributed by atoms with Crippen LogP contribution in [0, 0.1) is 5.41 Å². The molecule has 1 N–H and O–H groups in total. The minimum absolute atomic E-state index is 0.0725. The number of anilines is 1. The molecule has 0 spiro atoms. The SMILES string of the molecule is CCN1CCN(c2ccc3oc(C(C=O)NCOC(=O)C(C)(C)C)cc3n2)CC1. The first-order chi connectivity index (χ1) is 13.8. The highest BCUT2D eigenvalue weighted by Gasteiger charge is 2.24. The summed E-state index contributed by atoms with van der Waals surface area (Å²) in [5.41, 5.74) is 0.729. The molecule has 0 radical (unpaired) electrons. The highest BCUT2D eigenvalue weighted by molar-refractivity contribution is 5.77. The van der Waals surface area contributed by atoms with Crippen LogP contribution in [0.25, 0.3) is 11.1 Å². The molecule has 1 unspecified atom stereocenters. The Balaban J connectivity index is 1.66. The molecule has 0 amide bonds. The van der Waals surface area contributed by atoms with Gasteiger partial charge in [0.1, 0.15) is 36.2 Å². The fourth-order valence-electron chi connectivity index (χ4n) is 3.18. The highest BCUT2D eigenvalue weighted by Crippen LogP contribution is 2.25. The summed E-state index contributed by atoms with van der Waals surface area (Å²) in [7, 11) is 0. The number of hydrogen-bond donors (Lipinski definition) is 1. The van der Waals surface area contributed by atoms with Crippen LogP contribution in [0.15, 0.2) is 22.6 Å². The number of fused-ring (bicyclic) bond motifs is 1. The number of nitrogens with zero attached hydrogens (tertiary/aromatic N) is 3. The van der Waals surface area contributed by atoms with Gasteiger partial charge in [-0.2, -0.15) is 0 Å². The lowest BCUT2D eigenvalue weighted by Crippen LogP contribution is -2.46. The van der Waals surface area contributed by atoms with Gasteiger partial charge in [-0.05, 0) is 39.4 Å². The van der Waals surface area contributed by atoms with Crippen molar-refractivity contribution < 1.29 is 18.7 Å². The maximum Gasteiger partial charge on any atom is 0.312 e. The maximum absolute atomic E-state index is 11.8. The van der Waals surface area contributed by atoms with E-state index in [-0.39, 0.29) is 12.7 Å². The molecule has 3 heterocycles. The molecule has 158 valence electrons. The first-order valence-corrected chi connectivity index (χ1v) is 10.1. The van der Waals surface area contributed by atoms with E-state index in [9.17, 15) is 9.59 Å². The van der Waals surface area contributed by atoms with E-state index in [1.807, 2.05) is 12.1 Å². The normalized spacial score (nSPS) is 16.8. The summed E-state index contributed by atoms with van der Waals surface area (Å²) in [5, 5.41) is 2.89. The molecule has 0 saturated carbocycles. The number of nitrogens with one attached hydrogen (secondary N) is 1. The number of likely N-dealkylation sites (N-methyl/N-ethyl adjacent to an activating group) is 1. The Morgan fingerprint density at radius 2 is 2.03 bits per heavy atom. The molecule has 1 saturated heterocycles. The zero-order chi connectivity index (χ0) is 21.0. The van der Waals surface area contributed by atoms with Crippen LogP contribution in [-0.2, 0) is 14.3 Å². The van der Waals surface area contributed by atoms with Gasteiger partial charge in [-0.3, -0.25) is 10.1 Å². The van der Waals surface area contributed by atoms with Gasteiger partial charge in [0.25, 0.3) is 0 Å². The van der Waals surface area contributed by atoms with Gasteiger partial charge in [0.2, 0.25) is 0 Å². The summed E-state index contributed by atoms with van der Waals surface area (Å²) in [5.74, 6) is 1.02. The zero-order valence-corrected chi connectivity index (χ0v) is 17.6. The smallest absolute Gasteiger partial charge is 0.312 e. The Hall–Kier alpha value is -2.45. The van der Waals surface area contributed by atoms with Gasteiger partial charge in [0.05, 0.1) is 5.41 Å². The van der Waals surface area contributed by atoms with E-state index in [1.54, 1.807) is 26.8 Å². The number of furan rings is 1. The Morgan fingerprint density at radius 1 is 1.31 bits per heavy atom. The highest BCUT2D eigenvalue weighted by atomic mass is 16.5. The minimum atomic E-state index is -0.714. The number of aromatic nitrogens is 1. The number of rotatable bonds is 7. The molecule has 8 heteroatoms.